The summed E-state index contributed by atoms with van der Waals surface area (Å²) in [7, 11) is -1.07. The Morgan fingerprint density at radius 1 is 1.20 bits per heavy atom. The first-order valence-corrected chi connectivity index (χ1v) is 9.29. The molecular weight excluding hydrogens is 363 g/mol. The van der Waals surface area contributed by atoms with Crippen LogP contribution in [0.15, 0.2) is 69.9 Å². The predicted octanol–water partition coefficient (Wildman–Crippen LogP) is 5.63. The number of hydrogen-bond donors (Lipinski definition) is 2. The Morgan fingerprint density at radius 3 is 2.64 bits per heavy atom. The molecule has 1 aromatic heterocycles. The summed E-state index contributed by atoms with van der Waals surface area (Å²) in [4.78, 5) is 14.8. The molecule has 0 saturated heterocycles. The average Bonchev–Trinajstić information content (AvgIpc) is 3.21. The minimum atomic E-state index is -1.07. The number of thiol groups is 1. The van der Waals surface area contributed by atoms with Crippen molar-refractivity contribution in [2.24, 2.45) is 0 Å². The van der Waals surface area contributed by atoms with Gasteiger partial charge in [-0.3, -0.25) is 10.1 Å². The molecule has 0 radical (unpaired) electrons. The van der Waals surface area contributed by atoms with Crippen LogP contribution in [-0.4, -0.2) is 9.91 Å². The summed E-state index contributed by atoms with van der Waals surface area (Å²) >= 11 is 5.91. The predicted molar refractivity (Wildman–Crippen MR) is 100 cm³/mol. The van der Waals surface area contributed by atoms with Crippen LogP contribution in [0.25, 0.3) is 22.2 Å². The zero-order valence-corrected chi connectivity index (χ0v) is 14.4. The number of nitrogens with zero attached hydrogens (tertiary/aromatic N) is 1. The molecule has 25 heavy (non-hydrogen) atoms. The van der Waals surface area contributed by atoms with Gasteiger partial charge in [0.1, 0.15) is 5.82 Å². The number of fused-ring (bicyclic) bond motifs is 1. The van der Waals surface area contributed by atoms with Gasteiger partial charge < -0.3 is 4.98 Å². The summed E-state index contributed by atoms with van der Waals surface area (Å²) in [6, 6.07) is 12.6. The molecule has 7 heteroatoms. The van der Waals surface area contributed by atoms with Gasteiger partial charge >= 0.3 is 0 Å². The number of aromatic nitrogens is 1. The second-order valence-electron chi connectivity index (χ2n) is 5.56. The van der Waals surface area contributed by atoms with Gasteiger partial charge in [-0.1, -0.05) is 41.9 Å². The molecule has 0 aliphatic carbocycles. The fourth-order valence-corrected chi connectivity index (χ4v) is 5.10. The normalized spacial score (nSPS) is 17.8. The number of halogens is 2. The quantitative estimate of drug-likeness (QED) is 0.354. The Labute approximate surface area is 150 Å². The van der Waals surface area contributed by atoms with E-state index in [4.69, 9.17) is 11.6 Å². The molecule has 1 aliphatic rings. The third-order valence-corrected chi connectivity index (χ3v) is 6.30. The molecule has 0 spiro atoms. The van der Waals surface area contributed by atoms with E-state index in [1.54, 1.807) is 11.5 Å². The van der Waals surface area contributed by atoms with Gasteiger partial charge in [0, 0.05) is 27.3 Å². The number of rotatable bonds is 3. The average molecular weight is 375 g/mol. The van der Waals surface area contributed by atoms with Gasteiger partial charge in [-0.15, -0.1) is 0 Å². The number of H-pyrrole nitrogens is 1. The molecule has 1 unspecified atom stereocenters. The molecular formula is C18H12ClFN2O2S. The maximum Gasteiger partial charge on any atom is 0.275 e. The van der Waals surface area contributed by atoms with Crippen molar-refractivity contribution in [3.8, 4) is 11.3 Å². The van der Waals surface area contributed by atoms with Gasteiger partial charge in [0.05, 0.1) is 15.6 Å². The lowest BCUT2D eigenvalue weighted by atomic mass is 10.1. The minimum absolute atomic E-state index is 0.0381. The molecule has 1 N–H and O–H groups in total. The molecule has 126 valence electrons. The zero-order valence-electron chi connectivity index (χ0n) is 12.7. The molecule has 2 heterocycles. The van der Waals surface area contributed by atoms with Gasteiger partial charge in [0.25, 0.3) is 5.70 Å². The van der Waals surface area contributed by atoms with Gasteiger partial charge in [-0.2, -0.15) is 10.9 Å². The number of nitro groups is 1. The minimum Gasteiger partial charge on any atom is -0.354 e. The van der Waals surface area contributed by atoms with Crippen molar-refractivity contribution in [3.05, 3.63) is 86.0 Å². The summed E-state index contributed by atoms with van der Waals surface area (Å²) < 4.78 is 14.1. The first kappa shape index (κ1) is 15.9. The monoisotopic (exact) mass is 374 g/mol. The highest BCUT2D eigenvalue weighted by Gasteiger charge is 2.23. The molecule has 0 fully saturated rings. The third-order valence-electron chi connectivity index (χ3n) is 4.02. The van der Waals surface area contributed by atoms with Crippen molar-refractivity contribution < 1.29 is 9.31 Å². The van der Waals surface area contributed by atoms with Crippen LogP contribution >= 0.6 is 22.5 Å². The molecule has 2 aromatic carbocycles. The third kappa shape index (κ3) is 2.73. The number of allylic oxidation sites excluding steroid dienone is 1. The van der Waals surface area contributed by atoms with Crippen LogP contribution in [0.3, 0.4) is 0 Å². The van der Waals surface area contributed by atoms with Crippen LogP contribution in [-0.2, 0) is 0 Å². The van der Waals surface area contributed by atoms with Crippen LogP contribution in [0, 0.1) is 15.9 Å². The summed E-state index contributed by atoms with van der Waals surface area (Å²) in [5.41, 5.74) is 2.53. The first-order chi connectivity index (χ1) is 12.0. The topological polar surface area (TPSA) is 58.9 Å². The SMILES string of the molecule is O=[N+]([O-])C1=C[SH](c2c(-c3ccccc3)[nH]c3cc(Cl)c(F)cc23)C=C1. The van der Waals surface area contributed by atoms with E-state index in [1.807, 2.05) is 35.7 Å². The Morgan fingerprint density at radius 2 is 1.96 bits per heavy atom. The second kappa shape index (κ2) is 6.06. The fourth-order valence-electron chi connectivity index (χ4n) is 2.89. The van der Waals surface area contributed by atoms with Crippen molar-refractivity contribution in [2.45, 2.75) is 4.90 Å². The smallest absolute Gasteiger partial charge is 0.275 e. The molecule has 4 rings (SSSR count). The molecule has 0 bridgehead atoms. The highest BCUT2D eigenvalue weighted by atomic mass is 35.5. The highest BCUT2D eigenvalue weighted by molar-refractivity contribution is 8.22. The van der Waals surface area contributed by atoms with Crippen molar-refractivity contribution >= 4 is 33.4 Å². The van der Waals surface area contributed by atoms with E-state index in [1.165, 1.54) is 12.1 Å². The van der Waals surface area contributed by atoms with Gasteiger partial charge in [0.15, 0.2) is 0 Å². The molecule has 0 saturated carbocycles. The fraction of sp³-hybridized carbons (Fsp3) is 0. The summed E-state index contributed by atoms with van der Waals surface area (Å²) in [5.74, 6) is -0.509. The van der Waals surface area contributed by atoms with E-state index in [0.29, 0.717) is 10.9 Å². The number of benzene rings is 2. The van der Waals surface area contributed by atoms with Crippen LogP contribution in [0.1, 0.15) is 0 Å². The molecule has 4 nitrogen and oxygen atoms in total. The summed E-state index contributed by atoms with van der Waals surface area (Å²) in [6.07, 6.45) is 1.51. The zero-order chi connectivity index (χ0) is 17.6. The van der Waals surface area contributed by atoms with E-state index in [-0.39, 0.29) is 10.7 Å². The van der Waals surface area contributed by atoms with E-state index in [2.05, 4.69) is 4.98 Å². The van der Waals surface area contributed by atoms with E-state index >= 15 is 0 Å². The van der Waals surface area contributed by atoms with E-state index < -0.39 is 21.6 Å². The van der Waals surface area contributed by atoms with Crippen molar-refractivity contribution in [3.63, 3.8) is 0 Å². The summed E-state index contributed by atoms with van der Waals surface area (Å²) in [5, 5.41) is 15.2. The standard InChI is InChI=1S/C18H12ClFN2O2S/c19-14-9-16-13(8-15(14)20)18(25-7-6-12(10-25)22(23)24)17(21-16)11-4-2-1-3-5-11/h1-10,21,25H. The Balaban J connectivity index is 1.99. The van der Waals surface area contributed by atoms with Crippen molar-refractivity contribution in [1.82, 2.24) is 4.98 Å². The van der Waals surface area contributed by atoms with E-state index in [9.17, 15) is 14.5 Å². The maximum atomic E-state index is 14.1. The molecule has 3 aromatic rings. The summed E-state index contributed by atoms with van der Waals surface area (Å²) in [6.45, 7) is 0. The van der Waals surface area contributed by atoms with Crippen molar-refractivity contribution in [1.29, 1.82) is 0 Å². The molecule has 1 aliphatic heterocycles. The lowest BCUT2D eigenvalue weighted by molar-refractivity contribution is -0.418. The molecule has 1 atom stereocenters. The lowest BCUT2D eigenvalue weighted by Crippen LogP contribution is -1.91. The van der Waals surface area contributed by atoms with Crippen LogP contribution in [0.2, 0.25) is 5.02 Å². The van der Waals surface area contributed by atoms with Gasteiger partial charge in [0.2, 0.25) is 0 Å². The van der Waals surface area contributed by atoms with Crippen LogP contribution in [0.5, 0.6) is 0 Å². The van der Waals surface area contributed by atoms with Gasteiger partial charge in [-0.25, -0.2) is 4.39 Å². The maximum absolute atomic E-state index is 14.1. The van der Waals surface area contributed by atoms with Crippen LogP contribution < -0.4 is 0 Å². The number of nitrogens with one attached hydrogen (secondary N) is 1. The lowest BCUT2D eigenvalue weighted by Gasteiger charge is -2.12. The largest absolute Gasteiger partial charge is 0.354 e. The van der Waals surface area contributed by atoms with E-state index in [0.717, 1.165) is 16.2 Å². The van der Waals surface area contributed by atoms with Gasteiger partial charge in [-0.05, 0) is 23.1 Å². The Kier molecular flexibility index (Phi) is 3.86. The highest BCUT2D eigenvalue weighted by Crippen LogP contribution is 2.52. The Hall–Kier alpha value is -2.57. The van der Waals surface area contributed by atoms with Crippen LogP contribution in [0.4, 0.5) is 4.39 Å². The Bertz CT molecular complexity index is 1060. The number of hydrogen-bond acceptors (Lipinski definition) is 2. The second-order valence-corrected chi connectivity index (χ2v) is 7.79. The number of aromatic amines is 1. The first-order valence-electron chi connectivity index (χ1n) is 7.43. The van der Waals surface area contributed by atoms with Crippen molar-refractivity contribution in [2.75, 3.05) is 0 Å². The molecule has 0 amide bonds.